The molecule has 0 saturated heterocycles. The molecule has 0 radical (unpaired) electrons. The number of alkyl halides is 3. The Hall–Kier alpha value is -1.96. The number of ether oxygens (including phenoxy) is 3. The van der Waals surface area contributed by atoms with Crippen LogP contribution in [-0.2, 0) is 9.47 Å². The highest BCUT2D eigenvalue weighted by Crippen LogP contribution is 2.22. The fourth-order valence-electron chi connectivity index (χ4n) is 1.17. The summed E-state index contributed by atoms with van der Waals surface area (Å²) >= 11 is 0. The van der Waals surface area contributed by atoms with Crippen molar-refractivity contribution in [2.24, 2.45) is 0 Å². The van der Waals surface area contributed by atoms with Crippen LogP contribution in [0.1, 0.15) is 10.4 Å². The van der Waals surface area contributed by atoms with Gasteiger partial charge in [-0.3, -0.25) is 0 Å². The molecule has 8 heteroatoms. The quantitative estimate of drug-likeness (QED) is 0.386. The first kappa shape index (κ1) is 15.1. The van der Waals surface area contributed by atoms with E-state index in [4.69, 9.17) is 10.5 Å². The minimum atomic E-state index is -4.46. The molecule has 106 valence electrons. The van der Waals surface area contributed by atoms with Crippen LogP contribution in [0.15, 0.2) is 18.2 Å². The lowest BCUT2D eigenvalue weighted by molar-refractivity contribution is -0.190. The normalized spacial score (nSPS) is 11.2. The van der Waals surface area contributed by atoms with Gasteiger partial charge in [0.05, 0.1) is 18.4 Å². The minimum absolute atomic E-state index is 0.0988. The number of nitrogens with two attached hydrogens (primary N) is 1. The number of hydrogen-bond donors (Lipinski definition) is 1. The van der Waals surface area contributed by atoms with E-state index < -0.39 is 25.5 Å². The molecule has 0 bridgehead atoms. The Bertz CT molecular complexity index is 448. The molecule has 0 spiro atoms. The zero-order valence-corrected chi connectivity index (χ0v) is 9.99. The van der Waals surface area contributed by atoms with Crippen molar-refractivity contribution in [3.8, 4) is 5.75 Å². The van der Waals surface area contributed by atoms with Crippen molar-refractivity contribution in [2.45, 2.75) is 6.18 Å². The first-order chi connectivity index (χ1) is 8.83. The van der Waals surface area contributed by atoms with Crippen LogP contribution < -0.4 is 10.5 Å². The van der Waals surface area contributed by atoms with E-state index in [1.54, 1.807) is 0 Å². The summed E-state index contributed by atoms with van der Waals surface area (Å²) in [6, 6.07) is 4.11. The second-order valence-electron chi connectivity index (χ2n) is 3.47. The summed E-state index contributed by atoms with van der Waals surface area (Å²) in [5.41, 5.74) is 5.97. The largest absolute Gasteiger partial charge is 0.495 e. The zero-order valence-electron chi connectivity index (χ0n) is 9.99. The van der Waals surface area contributed by atoms with Gasteiger partial charge in [-0.05, 0) is 18.2 Å². The van der Waals surface area contributed by atoms with Gasteiger partial charge in [-0.25, -0.2) is 4.79 Å². The summed E-state index contributed by atoms with van der Waals surface area (Å²) in [4.78, 5) is 11.5. The van der Waals surface area contributed by atoms with Gasteiger partial charge in [-0.2, -0.15) is 13.2 Å². The Labute approximate surface area is 107 Å². The highest BCUT2D eigenvalue weighted by atomic mass is 19.4. The highest BCUT2D eigenvalue weighted by molar-refractivity contribution is 5.90. The highest BCUT2D eigenvalue weighted by Gasteiger charge is 2.27. The van der Waals surface area contributed by atoms with Crippen LogP contribution in [0, 0.1) is 0 Å². The Kier molecular flexibility index (Phi) is 4.99. The molecule has 0 unspecified atom stereocenters. The number of carbonyl (C=O) groups excluding carboxylic acids is 1. The maximum absolute atomic E-state index is 11.8. The standard InChI is InChI=1S/C11H12F3NO4/c1-17-9-4-7(2-3-8(9)15)10(16)19-6-18-5-11(12,13)14/h2-4H,5-6,15H2,1H3. The maximum Gasteiger partial charge on any atom is 0.411 e. The van der Waals surface area contributed by atoms with Gasteiger partial charge in [-0.15, -0.1) is 0 Å². The lowest BCUT2D eigenvalue weighted by Crippen LogP contribution is -2.19. The van der Waals surface area contributed by atoms with Crippen molar-refractivity contribution in [2.75, 3.05) is 26.2 Å². The SMILES string of the molecule is COc1cc(C(=O)OCOCC(F)(F)F)ccc1N. The van der Waals surface area contributed by atoms with Crippen molar-refractivity contribution < 1.29 is 32.2 Å². The summed E-state index contributed by atoms with van der Waals surface area (Å²) in [5, 5.41) is 0. The fourth-order valence-corrected chi connectivity index (χ4v) is 1.17. The van der Waals surface area contributed by atoms with Crippen LogP contribution in [-0.4, -0.2) is 32.7 Å². The summed E-state index contributed by atoms with van der Waals surface area (Å²) < 4.78 is 48.8. The summed E-state index contributed by atoms with van der Waals surface area (Å²) in [6.45, 7) is -2.27. The molecule has 1 rings (SSSR count). The van der Waals surface area contributed by atoms with E-state index in [2.05, 4.69) is 9.47 Å². The van der Waals surface area contributed by atoms with Crippen molar-refractivity contribution in [3.05, 3.63) is 23.8 Å². The molecule has 2 N–H and O–H groups in total. The molecule has 1 aromatic carbocycles. The van der Waals surface area contributed by atoms with Crippen LogP contribution in [0.3, 0.4) is 0 Å². The lowest BCUT2D eigenvalue weighted by atomic mass is 10.2. The van der Waals surface area contributed by atoms with Gasteiger partial charge in [0.1, 0.15) is 12.4 Å². The Morgan fingerprint density at radius 3 is 2.63 bits per heavy atom. The van der Waals surface area contributed by atoms with Crippen molar-refractivity contribution in [1.29, 1.82) is 0 Å². The summed E-state index contributed by atoms with van der Waals surface area (Å²) in [5.74, 6) is -0.564. The summed E-state index contributed by atoms with van der Waals surface area (Å²) in [6.07, 6.45) is -4.46. The number of halogens is 3. The van der Waals surface area contributed by atoms with E-state index in [0.717, 1.165) is 0 Å². The van der Waals surface area contributed by atoms with Gasteiger partial charge in [0.15, 0.2) is 6.79 Å². The number of hydrogen-bond acceptors (Lipinski definition) is 5. The van der Waals surface area contributed by atoms with Gasteiger partial charge < -0.3 is 19.9 Å². The molecular weight excluding hydrogens is 267 g/mol. The third-order valence-corrected chi connectivity index (χ3v) is 2.01. The van der Waals surface area contributed by atoms with E-state index in [0.29, 0.717) is 5.69 Å². The number of esters is 1. The fraction of sp³-hybridized carbons (Fsp3) is 0.364. The van der Waals surface area contributed by atoms with Crippen molar-refractivity contribution >= 4 is 11.7 Å². The van der Waals surface area contributed by atoms with E-state index >= 15 is 0 Å². The predicted octanol–water partition coefficient (Wildman–Crippen LogP) is 1.97. The van der Waals surface area contributed by atoms with Crippen LogP contribution in [0.5, 0.6) is 5.75 Å². The second-order valence-corrected chi connectivity index (χ2v) is 3.47. The molecule has 5 nitrogen and oxygen atoms in total. The lowest BCUT2D eigenvalue weighted by Gasteiger charge is -2.09. The molecule has 0 heterocycles. The molecule has 0 amide bonds. The van der Waals surface area contributed by atoms with E-state index in [9.17, 15) is 18.0 Å². The van der Waals surface area contributed by atoms with Crippen LogP contribution in [0.25, 0.3) is 0 Å². The molecule has 0 aromatic heterocycles. The van der Waals surface area contributed by atoms with Crippen LogP contribution in [0.4, 0.5) is 18.9 Å². The average molecular weight is 279 g/mol. The van der Waals surface area contributed by atoms with Crippen LogP contribution in [0.2, 0.25) is 0 Å². The monoisotopic (exact) mass is 279 g/mol. The van der Waals surface area contributed by atoms with Gasteiger partial charge in [0.25, 0.3) is 0 Å². The predicted molar refractivity (Wildman–Crippen MR) is 59.7 cm³/mol. The van der Waals surface area contributed by atoms with Gasteiger partial charge in [-0.1, -0.05) is 0 Å². The van der Waals surface area contributed by atoms with E-state index in [1.165, 1.54) is 25.3 Å². The first-order valence-corrected chi connectivity index (χ1v) is 5.08. The van der Waals surface area contributed by atoms with Gasteiger partial charge in [0.2, 0.25) is 0 Å². The number of rotatable bonds is 5. The third-order valence-electron chi connectivity index (χ3n) is 2.01. The summed E-state index contributed by atoms with van der Waals surface area (Å²) in [7, 11) is 1.37. The number of carbonyl (C=O) groups is 1. The molecule has 19 heavy (non-hydrogen) atoms. The van der Waals surface area contributed by atoms with Gasteiger partial charge in [0, 0.05) is 0 Å². The number of nitrogen functional groups attached to an aromatic ring is 1. The zero-order chi connectivity index (χ0) is 14.5. The Morgan fingerprint density at radius 2 is 2.05 bits per heavy atom. The molecule has 1 aromatic rings. The molecule has 0 aliphatic heterocycles. The van der Waals surface area contributed by atoms with E-state index in [-0.39, 0.29) is 11.3 Å². The average Bonchev–Trinajstić information content (AvgIpc) is 2.33. The van der Waals surface area contributed by atoms with E-state index in [1.807, 2.05) is 0 Å². The molecule has 0 atom stereocenters. The second kappa shape index (κ2) is 6.28. The van der Waals surface area contributed by atoms with Crippen LogP contribution >= 0.6 is 0 Å². The molecular formula is C11H12F3NO4. The van der Waals surface area contributed by atoms with Crippen molar-refractivity contribution in [1.82, 2.24) is 0 Å². The van der Waals surface area contributed by atoms with Gasteiger partial charge >= 0.3 is 12.1 Å². The molecule has 0 aliphatic rings. The minimum Gasteiger partial charge on any atom is -0.495 e. The molecule has 0 aliphatic carbocycles. The number of anilines is 1. The smallest absolute Gasteiger partial charge is 0.411 e. The first-order valence-electron chi connectivity index (χ1n) is 5.08. The Morgan fingerprint density at radius 1 is 1.37 bits per heavy atom. The van der Waals surface area contributed by atoms with Crippen molar-refractivity contribution in [3.63, 3.8) is 0 Å². The Balaban J connectivity index is 2.50. The number of benzene rings is 1. The molecule has 0 saturated carbocycles. The number of methoxy groups -OCH3 is 1. The molecule has 0 fully saturated rings. The third kappa shape index (κ3) is 5.04. The maximum atomic E-state index is 11.8. The topological polar surface area (TPSA) is 70.8 Å².